The number of benzene rings is 1. The molecule has 0 bridgehead atoms. The molecule has 2 atom stereocenters. The lowest BCUT2D eigenvalue weighted by Gasteiger charge is -2.36. The fourth-order valence-corrected chi connectivity index (χ4v) is 5.06. The van der Waals surface area contributed by atoms with Crippen LogP contribution in [0, 0.1) is 0 Å². The quantitative estimate of drug-likeness (QED) is 0.582. The van der Waals surface area contributed by atoms with Crippen molar-refractivity contribution in [3.05, 3.63) is 28.9 Å². The summed E-state index contributed by atoms with van der Waals surface area (Å²) in [5.74, 6) is -0.797. The van der Waals surface area contributed by atoms with Crippen LogP contribution in [0.25, 0.3) is 10.9 Å². The number of amidine groups is 1. The zero-order chi connectivity index (χ0) is 23.0. The summed E-state index contributed by atoms with van der Waals surface area (Å²) < 4.78 is 46.1. The molecule has 3 aliphatic rings. The fraction of sp³-hybridized carbons (Fsp3) is 0.591. The van der Waals surface area contributed by atoms with Crippen LogP contribution in [0.2, 0.25) is 5.02 Å². The molecule has 11 heteroatoms. The van der Waals surface area contributed by atoms with Crippen LogP contribution in [0.1, 0.15) is 25.0 Å². The van der Waals surface area contributed by atoms with Gasteiger partial charge in [0.15, 0.2) is 0 Å². The van der Waals surface area contributed by atoms with Gasteiger partial charge in [-0.05, 0) is 37.5 Å². The lowest BCUT2D eigenvalue weighted by molar-refractivity contribution is -0.0696. The summed E-state index contributed by atoms with van der Waals surface area (Å²) in [4.78, 5) is 4.79. The Hall–Kier alpha value is -2.17. The van der Waals surface area contributed by atoms with E-state index in [0.717, 1.165) is 41.7 Å². The van der Waals surface area contributed by atoms with Gasteiger partial charge in [-0.3, -0.25) is 5.01 Å². The Bertz CT molecular complexity index is 1020. The van der Waals surface area contributed by atoms with Crippen molar-refractivity contribution in [2.45, 2.75) is 44.1 Å². The van der Waals surface area contributed by atoms with E-state index in [9.17, 15) is 13.2 Å². The maximum Gasteiger partial charge on any atom is 0.451 e. The highest BCUT2D eigenvalue weighted by Crippen LogP contribution is 2.31. The van der Waals surface area contributed by atoms with Crippen molar-refractivity contribution in [2.75, 3.05) is 44.6 Å². The average molecular weight is 485 g/mol. The van der Waals surface area contributed by atoms with Crippen LogP contribution in [0.15, 0.2) is 23.3 Å². The van der Waals surface area contributed by atoms with Crippen LogP contribution in [0.3, 0.4) is 0 Å². The van der Waals surface area contributed by atoms with E-state index in [0.29, 0.717) is 44.2 Å². The van der Waals surface area contributed by atoms with Crippen molar-refractivity contribution in [1.82, 2.24) is 20.2 Å². The molecule has 4 heterocycles. The Labute approximate surface area is 195 Å². The second-order valence-electron chi connectivity index (χ2n) is 8.79. The minimum Gasteiger partial charge on any atom is -0.381 e. The van der Waals surface area contributed by atoms with Crippen molar-refractivity contribution in [3.8, 4) is 0 Å². The lowest BCUT2D eigenvalue weighted by Crippen LogP contribution is -2.57. The first-order chi connectivity index (χ1) is 15.9. The van der Waals surface area contributed by atoms with E-state index in [1.807, 2.05) is 18.2 Å². The van der Waals surface area contributed by atoms with Gasteiger partial charge in [0.1, 0.15) is 6.17 Å². The fourth-order valence-electron chi connectivity index (χ4n) is 4.83. The molecule has 0 saturated carbocycles. The van der Waals surface area contributed by atoms with Gasteiger partial charge in [0.05, 0.1) is 17.3 Å². The van der Waals surface area contributed by atoms with Crippen LogP contribution < -0.4 is 10.6 Å². The summed E-state index contributed by atoms with van der Waals surface area (Å²) in [5, 5.41) is 13.7. The molecule has 5 rings (SSSR count). The van der Waals surface area contributed by atoms with Gasteiger partial charge in [-0.25, -0.2) is 0 Å². The Morgan fingerprint density at radius 1 is 1.24 bits per heavy atom. The molecule has 33 heavy (non-hydrogen) atoms. The van der Waals surface area contributed by atoms with Gasteiger partial charge in [-0.1, -0.05) is 11.6 Å². The number of aromatic amines is 1. The smallest absolute Gasteiger partial charge is 0.381 e. The Kier molecular flexibility index (Phi) is 6.32. The van der Waals surface area contributed by atoms with E-state index in [4.69, 9.17) is 16.3 Å². The zero-order valence-corrected chi connectivity index (χ0v) is 19.0. The van der Waals surface area contributed by atoms with Crippen LogP contribution in [-0.2, 0) is 11.2 Å². The second-order valence-corrected chi connectivity index (χ2v) is 9.23. The Morgan fingerprint density at radius 3 is 2.91 bits per heavy atom. The molecule has 0 radical (unpaired) electrons. The van der Waals surface area contributed by atoms with Crippen molar-refractivity contribution in [2.24, 2.45) is 5.10 Å². The summed E-state index contributed by atoms with van der Waals surface area (Å²) in [6, 6.07) is 5.78. The Balaban J connectivity index is 1.29. The van der Waals surface area contributed by atoms with Crippen molar-refractivity contribution in [1.29, 1.82) is 0 Å². The topological polar surface area (TPSA) is 67.9 Å². The van der Waals surface area contributed by atoms with Gasteiger partial charge in [-0.15, -0.1) is 0 Å². The number of hydrogen-bond acceptors (Lipinski definition) is 6. The number of anilines is 1. The van der Waals surface area contributed by atoms with E-state index in [-0.39, 0.29) is 6.10 Å². The number of hydrazone groups is 1. The summed E-state index contributed by atoms with van der Waals surface area (Å²) in [7, 11) is 0. The van der Waals surface area contributed by atoms with Crippen LogP contribution in [0.5, 0.6) is 0 Å². The van der Waals surface area contributed by atoms with Crippen molar-refractivity contribution < 1.29 is 17.9 Å². The molecule has 1 aromatic carbocycles. The minimum atomic E-state index is -4.45. The normalized spacial score (nSPS) is 23.7. The number of hydrogen-bond donors (Lipinski definition) is 3. The monoisotopic (exact) mass is 484 g/mol. The molecule has 1 aromatic heterocycles. The lowest BCUT2D eigenvalue weighted by atomic mass is 10.1. The SMILES string of the molecule is FC(F)(F)C1=NN(CCc2cc3cc(Cl)cc(NCC4CCCCO4)c3[nH]2)C2CNCCN12. The van der Waals surface area contributed by atoms with E-state index < -0.39 is 18.2 Å². The third-order valence-electron chi connectivity index (χ3n) is 6.46. The van der Waals surface area contributed by atoms with E-state index in [2.05, 4.69) is 20.7 Å². The Morgan fingerprint density at radius 2 is 2.12 bits per heavy atom. The summed E-state index contributed by atoms with van der Waals surface area (Å²) >= 11 is 6.34. The van der Waals surface area contributed by atoms with Gasteiger partial charge in [0.25, 0.3) is 0 Å². The number of aromatic nitrogens is 1. The van der Waals surface area contributed by atoms with E-state index >= 15 is 0 Å². The van der Waals surface area contributed by atoms with Crippen LogP contribution in [0.4, 0.5) is 18.9 Å². The number of nitrogens with zero attached hydrogens (tertiary/aromatic N) is 3. The highest BCUT2D eigenvalue weighted by atomic mass is 35.5. The van der Waals surface area contributed by atoms with E-state index in [1.165, 1.54) is 11.3 Å². The molecule has 2 unspecified atom stereocenters. The number of rotatable bonds is 6. The van der Waals surface area contributed by atoms with Gasteiger partial charge in [-0.2, -0.15) is 18.3 Å². The molecule has 3 aliphatic heterocycles. The number of nitrogens with one attached hydrogen (secondary N) is 3. The largest absolute Gasteiger partial charge is 0.451 e. The highest BCUT2D eigenvalue weighted by molar-refractivity contribution is 6.31. The summed E-state index contributed by atoms with van der Waals surface area (Å²) in [6.07, 6.45) is -0.825. The van der Waals surface area contributed by atoms with E-state index in [1.54, 1.807) is 5.01 Å². The molecule has 180 valence electrons. The number of alkyl halides is 3. The third-order valence-corrected chi connectivity index (χ3v) is 6.68. The second kappa shape index (κ2) is 9.23. The number of fused-ring (bicyclic) bond motifs is 2. The standard InChI is InChI=1S/C22H28ClF3N6O/c23-15-9-14-10-16(29-20(14)18(11-15)28-12-17-3-1-2-8-33-17)4-6-32-19-13-27-5-7-31(19)21(30-32)22(24,25)26/h9-11,17,19,27-29H,1-8,12-13H2. The minimum absolute atomic E-state index is 0.185. The predicted octanol–water partition coefficient (Wildman–Crippen LogP) is 3.77. The first-order valence-electron chi connectivity index (χ1n) is 11.4. The zero-order valence-electron chi connectivity index (χ0n) is 18.2. The van der Waals surface area contributed by atoms with Gasteiger partial charge >= 0.3 is 6.18 Å². The third kappa shape index (κ3) is 4.88. The van der Waals surface area contributed by atoms with Gasteiger partial charge in [0, 0.05) is 61.9 Å². The van der Waals surface area contributed by atoms with Crippen LogP contribution >= 0.6 is 11.6 Å². The molecular formula is C22H28ClF3N6O. The van der Waals surface area contributed by atoms with Gasteiger partial charge in [0.2, 0.25) is 5.84 Å². The molecular weight excluding hydrogens is 457 g/mol. The molecule has 0 aliphatic carbocycles. The van der Waals surface area contributed by atoms with Gasteiger partial charge < -0.3 is 25.3 Å². The van der Waals surface area contributed by atoms with Crippen molar-refractivity contribution in [3.63, 3.8) is 0 Å². The molecule has 0 amide bonds. The molecule has 2 saturated heterocycles. The highest BCUT2D eigenvalue weighted by Gasteiger charge is 2.48. The van der Waals surface area contributed by atoms with Crippen molar-refractivity contribution >= 4 is 34.0 Å². The molecule has 2 aromatic rings. The predicted molar refractivity (Wildman–Crippen MR) is 123 cm³/mol. The first kappa shape index (κ1) is 22.6. The number of piperazine rings is 1. The van der Waals surface area contributed by atoms with Crippen LogP contribution in [-0.4, -0.2) is 78.5 Å². The molecule has 3 N–H and O–H groups in total. The molecule has 2 fully saturated rings. The number of halogens is 4. The first-order valence-corrected chi connectivity index (χ1v) is 11.8. The summed E-state index contributed by atoms with van der Waals surface area (Å²) in [6.45, 7) is 3.14. The number of ether oxygens (including phenoxy) is 1. The molecule has 7 nitrogen and oxygen atoms in total. The molecule has 0 spiro atoms. The average Bonchev–Trinajstić information content (AvgIpc) is 3.38. The maximum absolute atomic E-state index is 13.4. The number of H-pyrrole nitrogens is 1. The maximum atomic E-state index is 13.4. The summed E-state index contributed by atoms with van der Waals surface area (Å²) in [5.41, 5.74) is 2.77.